The zero-order valence-electron chi connectivity index (χ0n) is 7.12. The molecule has 5 heteroatoms. The molecule has 0 saturated carbocycles. The van der Waals surface area contributed by atoms with Gasteiger partial charge in [-0.25, -0.2) is 4.79 Å². The summed E-state index contributed by atoms with van der Waals surface area (Å²) >= 11 is 0. The highest BCUT2D eigenvalue weighted by Gasteiger charge is 2.01. The first-order chi connectivity index (χ1) is 6.33. The van der Waals surface area contributed by atoms with Gasteiger partial charge in [-0.2, -0.15) is 0 Å². The number of aliphatic hydroxyl groups is 1. The lowest BCUT2D eigenvalue weighted by Crippen LogP contribution is -2.29. The minimum absolute atomic E-state index is 0.0705. The normalized spacial score (nSPS) is 9.62. The predicted molar refractivity (Wildman–Crippen MR) is 47.4 cm³/mol. The van der Waals surface area contributed by atoms with E-state index in [0.29, 0.717) is 18.8 Å². The molecule has 0 bridgehead atoms. The molecule has 1 aromatic rings. The minimum Gasteiger partial charge on any atom is -0.449 e. The Bertz CT molecular complexity index is 246. The fourth-order valence-corrected chi connectivity index (χ4v) is 0.787. The van der Waals surface area contributed by atoms with Gasteiger partial charge in [0.1, 0.15) is 0 Å². The lowest BCUT2D eigenvalue weighted by Gasteiger charge is -2.03. The van der Waals surface area contributed by atoms with Crippen LogP contribution in [0, 0.1) is 0 Å². The van der Waals surface area contributed by atoms with Crippen molar-refractivity contribution in [2.45, 2.75) is 6.42 Å². The van der Waals surface area contributed by atoms with Gasteiger partial charge in [-0.1, -0.05) is 0 Å². The average Bonchev–Trinajstić information content (AvgIpc) is 2.57. The molecule has 0 aromatic carbocycles. The van der Waals surface area contributed by atoms with Crippen molar-refractivity contribution >= 4 is 11.9 Å². The summed E-state index contributed by atoms with van der Waals surface area (Å²) in [6, 6.07) is 3.00. The van der Waals surface area contributed by atoms with E-state index in [1.807, 2.05) is 0 Å². The van der Waals surface area contributed by atoms with Crippen LogP contribution in [0.15, 0.2) is 22.8 Å². The molecule has 1 rings (SSSR count). The van der Waals surface area contributed by atoms with Crippen molar-refractivity contribution < 1.29 is 14.3 Å². The number of carbonyl (C=O) groups excluding carboxylic acids is 1. The van der Waals surface area contributed by atoms with Crippen LogP contribution in [0.1, 0.15) is 6.42 Å². The van der Waals surface area contributed by atoms with Crippen LogP contribution in [-0.2, 0) is 0 Å². The number of amides is 2. The Labute approximate surface area is 75.7 Å². The Balaban J connectivity index is 2.18. The van der Waals surface area contributed by atoms with E-state index in [9.17, 15) is 4.79 Å². The van der Waals surface area contributed by atoms with Crippen LogP contribution in [-0.4, -0.2) is 24.3 Å². The van der Waals surface area contributed by atoms with Crippen LogP contribution in [0.3, 0.4) is 0 Å². The van der Waals surface area contributed by atoms with Crippen molar-refractivity contribution in [3.8, 4) is 0 Å². The monoisotopic (exact) mass is 184 g/mol. The van der Waals surface area contributed by atoms with Crippen LogP contribution >= 0.6 is 0 Å². The van der Waals surface area contributed by atoms with Crippen LogP contribution in [0.4, 0.5) is 10.7 Å². The second kappa shape index (κ2) is 5.21. The number of furan rings is 1. The summed E-state index contributed by atoms with van der Waals surface area (Å²) in [4.78, 5) is 11.0. The van der Waals surface area contributed by atoms with E-state index in [2.05, 4.69) is 10.6 Å². The van der Waals surface area contributed by atoms with E-state index >= 15 is 0 Å². The van der Waals surface area contributed by atoms with Crippen molar-refractivity contribution in [2.24, 2.45) is 0 Å². The Morgan fingerprint density at radius 2 is 2.46 bits per heavy atom. The first-order valence-electron chi connectivity index (χ1n) is 4.02. The fraction of sp³-hybridized carbons (Fsp3) is 0.375. The summed E-state index contributed by atoms with van der Waals surface area (Å²) in [7, 11) is 0. The SMILES string of the molecule is O=C(NCCCO)Nc1ccco1. The Hall–Kier alpha value is -1.49. The Kier molecular flexibility index (Phi) is 3.84. The Morgan fingerprint density at radius 1 is 1.62 bits per heavy atom. The zero-order chi connectivity index (χ0) is 9.52. The summed E-state index contributed by atoms with van der Waals surface area (Å²) in [5.74, 6) is 0.404. The van der Waals surface area contributed by atoms with Gasteiger partial charge in [-0.3, -0.25) is 5.32 Å². The second-order valence-electron chi connectivity index (χ2n) is 2.44. The number of hydrogen-bond donors (Lipinski definition) is 3. The summed E-state index contributed by atoms with van der Waals surface area (Å²) < 4.78 is 4.89. The summed E-state index contributed by atoms with van der Waals surface area (Å²) in [6.07, 6.45) is 2.02. The van der Waals surface area contributed by atoms with Gasteiger partial charge in [0.05, 0.1) is 6.26 Å². The average molecular weight is 184 g/mol. The van der Waals surface area contributed by atoms with E-state index in [1.54, 1.807) is 12.1 Å². The lowest BCUT2D eigenvalue weighted by molar-refractivity contribution is 0.248. The number of urea groups is 1. The topological polar surface area (TPSA) is 74.5 Å². The second-order valence-corrected chi connectivity index (χ2v) is 2.44. The summed E-state index contributed by atoms with van der Waals surface area (Å²) in [5.41, 5.74) is 0. The number of hydrogen-bond acceptors (Lipinski definition) is 3. The third-order valence-electron chi connectivity index (χ3n) is 1.38. The van der Waals surface area contributed by atoms with Gasteiger partial charge in [-0.15, -0.1) is 0 Å². The highest BCUT2D eigenvalue weighted by Crippen LogP contribution is 2.05. The first kappa shape index (κ1) is 9.60. The van der Waals surface area contributed by atoms with Crippen LogP contribution in [0.5, 0.6) is 0 Å². The molecule has 72 valence electrons. The molecule has 0 saturated heterocycles. The molecule has 13 heavy (non-hydrogen) atoms. The number of carbonyl (C=O) groups is 1. The fourth-order valence-electron chi connectivity index (χ4n) is 0.787. The molecule has 0 aliphatic carbocycles. The van der Waals surface area contributed by atoms with Crippen molar-refractivity contribution in [1.29, 1.82) is 0 Å². The number of nitrogens with one attached hydrogen (secondary N) is 2. The van der Waals surface area contributed by atoms with Gasteiger partial charge in [0.15, 0.2) is 0 Å². The first-order valence-corrected chi connectivity index (χ1v) is 4.02. The minimum atomic E-state index is -0.330. The molecule has 1 heterocycles. The van der Waals surface area contributed by atoms with Gasteiger partial charge in [-0.05, 0) is 12.5 Å². The maximum Gasteiger partial charge on any atom is 0.321 e. The van der Waals surface area contributed by atoms with E-state index in [-0.39, 0.29) is 12.6 Å². The van der Waals surface area contributed by atoms with Crippen LogP contribution < -0.4 is 10.6 Å². The van der Waals surface area contributed by atoms with Gasteiger partial charge in [0, 0.05) is 19.2 Å². The van der Waals surface area contributed by atoms with Crippen molar-refractivity contribution in [3.05, 3.63) is 18.4 Å². The van der Waals surface area contributed by atoms with E-state index in [4.69, 9.17) is 9.52 Å². The van der Waals surface area contributed by atoms with Crippen molar-refractivity contribution in [2.75, 3.05) is 18.5 Å². The standard InChI is InChI=1S/C8H12N2O3/c11-5-2-4-9-8(12)10-7-3-1-6-13-7/h1,3,6,11H,2,4-5H2,(H2,9,10,12). The molecule has 0 spiro atoms. The highest BCUT2D eigenvalue weighted by atomic mass is 16.3. The Morgan fingerprint density at radius 3 is 3.08 bits per heavy atom. The van der Waals surface area contributed by atoms with Crippen molar-refractivity contribution in [3.63, 3.8) is 0 Å². The molecule has 3 N–H and O–H groups in total. The molecule has 0 radical (unpaired) electrons. The highest BCUT2D eigenvalue weighted by molar-refractivity contribution is 5.87. The molecule has 0 aliphatic rings. The van der Waals surface area contributed by atoms with Gasteiger partial charge in [0.25, 0.3) is 0 Å². The van der Waals surface area contributed by atoms with Gasteiger partial charge in [0.2, 0.25) is 5.88 Å². The van der Waals surface area contributed by atoms with Crippen LogP contribution in [0.25, 0.3) is 0 Å². The number of anilines is 1. The molecule has 0 aliphatic heterocycles. The lowest BCUT2D eigenvalue weighted by atomic mass is 10.4. The molecule has 0 unspecified atom stereocenters. The third-order valence-corrected chi connectivity index (χ3v) is 1.38. The largest absolute Gasteiger partial charge is 0.449 e. The molecule has 1 aromatic heterocycles. The van der Waals surface area contributed by atoms with Crippen molar-refractivity contribution in [1.82, 2.24) is 5.32 Å². The molecule has 0 fully saturated rings. The maximum atomic E-state index is 11.0. The van der Waals surface area contributed by atoms with E-state index in [1.165, 1.54) is 6.26 Å². The molecular formula is C8H12N2O3. The number of rotatable bonds is 4. The quantitative estimate of drug-likeness (QED) is 0.605. The van der Waals surface area contributed by atoms with E-state index in [0.717, 1.165) is 0 Å². The number of aliphatic hydroxyl groups excluding tert-OH is 1. The zero-order valence-corrected chi connectivity index (χ0v) is 7.12. The van der Waals surface area contributed by atoms with E-state index < -0.39 is 0 Å². The smallest absolute Gasteiger partial charge is 0.321 e. The summed E-state index contributed by atoms with van der Waals surface area (Å²) in [6.45, 7) is 0.518. The van der Waals surface area contributed by atoms with Crippen LogP contribution in [0.2, 0.25) is 0 Å². The molecule has 0 atom stereocenters. The summed E-state index contributed by atoms with van der Waals surface area (Å²) in [5, 5.41) is 13.5. The molecular weight excluding hydrogens is 172 g/mol. The van der Waals surface area contributed by atoms with Gasteiger partial charge < -0.3 is 14.8 Å². The third kappa shape index (κ3) is 3.62. The van der Waals surface area contributed by atoms with Gasteiger partial charge >= 0.3 is 6.03 Å². The predicted octanol–water partition coefficient (Wildman–Crippen LogP) is 0.783. The molecule has 5 nitrogen and oxygen atoms in total. The molecule has 2 amide bonds. The maximum absolute atomic E-state index is 11.0.